The topological polar surface area (TPSA) is 63.6 Å². The first-order valence-electron chi connectivity index (χ1n) is 11.7. The van der Waals surface area contributed by atoms with Gasteiger partial charge in [-0.25, -0.2) is 12.8 Å². The van der Waals surface area contributed by atoms with Gasteiger partial charge in [0.1, 0.15) is 10.6 Å². The zero-order valence-corrected chi connectivity index (χ0v) is 21.0. The second-order valence-electron chi connectivity index (χ2n) is 9.38. The first-order valence-corrected chi connectivity index (χ1v) is 13.2. The lowest BCUT2D eigenvalue weighted by Gasteiger charge is -2.38. The van der Waals surface area contributed by atoms with Gasteiger partial charge < -0.3 is 9.84 Å². The minimum atomic E-state index is -5.93. The Kier molecular flexibility index (Phi) is 7.61. The third-order valence-electron chi connectivity index (χ3n) is 7.00. The molecule has 0 unspecified atom stereocenters. The van der Waals surface area contributed by atoms with Crippen molar-refractivity contribution < 1.29 is 49.0 Å². The van der Waals surface area contributed by atoms with Crippen LogP contribution < -0.4 is 0 Å². The van der Waals surface area contributed by atoms with E-state index in [4.69, 9.17) is 0 Å². The number of sulfone groups is 1. The number of aliphatic hydroxyl groups is 1. The zero-order chi connectivity index (χ0) is 28.7. The molecule has 39 heavy (non-hydrogen) atoms. The molecule has 1 saturated carbocycles. The highest BCUT2D eigenvalue weighted by Crippen LogP contribution is 2.54. The molecule has 0 bridgehead atoms. The van der Waals surface area contributed by atoms with Crippen molar-refractivity contribution in [3.63, 3.8) is 0 Å². The lowest BCUT2D eigenvalue weighted by atomic mass is 9.88. The van der Waals surface area contributed by atoms with Crippen LogP contribution in [0.3, 0.4) is 0 Å². The first-order chi connectivity index (χ1) is 18.1. The molecule has 4 rings (SSSR count). The predicted octanol–water partition coefficient (Wildman–Crippen LogP) is 6.58. The summed E-state index contributed by atoms with van der Waals surface area (Å²) in [7, 11) is -4.36. The molecule has 0 saturated heterocycles. The molecule has 3 aromatic rings. The quantitative estimate of drug-likeness (QED) is 0.255. The van der Waals surface area contributed by atoms with Gasteiger partial charge in [-0.15, -0.1) is 0 Å². The van der Waals surface area contributed by atoms with E-state index in [1.165, 1.54) is 24.3 Å². The van der Waals surface area contributed by atoms with Crippen LogP contribution in [0.1, 0.15) is 36.0 Å². The monoisotopic (exact) mass is 576 g/mol. The molecular formula is C27H23F7O4S. The molecule has 0 amide bonds. The van der Waals surface area contributed by atoms with Crippen molar-refractivity contribution in [2.45, 2.75) is 59.6 Å². The maximum atomic E-state index is 14.2. The van der Waals surface area contributed by atoms with Gasteiger partial charge in [-0.2, -0.15) is 26.3 Å². The SMILES string of the molecule is O=S(=O)(c1ccc(F)cc1)[C@@]1(c2ccc(C(OCc3ccccc3)(C(F)(F)F)C(F)(F)F)cc2)CC[C@H](O)C1. The van der Waals surface area contributed by atoms with Crippen molar-refractivity contribution in [3.05, 3.63) is 101 Å². The van der Waals surface area contributed by atoms with E-state index in [1.54, 1.807) is 6.07 Å². The Hall–Kier alpha value is -2.96. The highest BCUT2D eigenvalue weighted by molar-refractivity contribution is 7.92. The Balaban J connectivity index is 1.82. The van der Waals surface area contributed by atoms with E-state index >= 15 is 0 Å². The van der Waals surface area contributed by atoms with Gasteiger partial charge in [0.25, 0.3) is 5.60 Å². The van der Waals surface area contributed by atoms with E-state index in [0.717, 1.165) is 36.4 Å². The van der Waals surface area contributed by atoms with Crippen LogP contribution in [-0.2, 0) is 31.5 Å². The molecule has 1 fully saturated rings. The average molecular weight is 577 g/mol. The van der Waals surface area contributed by atoms with Gasteiger partial charge in [-0.05, 0) is 54.7 Å². The van der Waals surface area contributed by atoms with Crippen LogP contribution in [0.5, 0.6) is 0 Å². The summed E-state index contributed by atoms with van der Waals surface area (Å²) in [6, 6.07) is 13.8. The van der Waals surface area contributed by atoms with Crippen LogP contribution >= 0.6 is 0 Å². The van der Waals surface area contributed by atoms with E-state index in [2.05, 4.69) is 4.74 Å². The molecule has 0 aromatic heterocycles. The van der Waals surface area contributed by atoms with E-state index in [9.17, 15) is 44.3 Å². The second-order valence-corrected chi connectivity index (χ2v) is 11.6. The van der Waals surface area contributed by atoms with Crippen LogP contribution in [0, 0.1) is 5.82 Å². The number of ether oxygens (including phenoxy) is 1. The van der Waals surface area contributed by atoms with Gasteiger partial charge in [0.2, 0.25) is 0 Å². The van der Waals surface area contributed by atoms with Gasteiger partial charge in [-0.3, -0.25) is 0 Å². The standard InChI is InChI=1S/C27H23F7O4S/c28-21-10-12-23(13-11-21)39(36,37)24(15-14-22(35)16-24)19-6-8-20(9-7-19)25(26(29,30)31,27(32,33)34)38-17-18-4-2-1-3-5-18/h1-13,22,35H,14-17H2/t22-,24-/m0/s1. The van der Waals surface area contributed by atoms with Crippen molar-refractivity contribution in [3.8, 4) is 0 Å². The Morgan fingerprint density at radius 2 is 1.41 bits per heavy atom. The Morgan fingerprint density at radius 3 is 1.90 bits per heavy atom. The first kappa shape index (κ1) is 29.0. The second kappa shape index (κ2) is 10.2. The van der Waals surface area contributed by atoms with Crippen molar-refractivity contribution in [2.75, 3.05) is 0 Å². The van der Waals surface area contributed by atoms with Gasteiger partial charge in [0.05, 0.1) is 17.6 Å². The molecule has 2 atom stereocenters. The Bertz CT molecular complexity index is 1370. The molecule has 0 heterocycles. The summed E-state index contributed by atoms with van der Waals surface area (Å²) < 4.78 is 129. The molecule has 3 aromatic carbocycles. The number of hydrogen-bond donors (Lipinski definition) is 1. The molecule has 1 N–H and O–H groups in total. The summed E-state index contributed by atoms with van der Waals surface area (Å²) >= 11 is 0. The Labute approximate surface area is 220 Å². The van der Waals surface area contributed by atoms with Crippen LogP contribution in [-0.4, -0.2) is 32.0 Å². The average Bonchev–Trinajstić information content (AvgIpc) is 3.27. The van der Waals surface area contributed by atoms with Gasteiger partial charge in [0, 0.05) is 5.56 Å². The van der Waals surface area contributed by atoms with Gasteiger partial charge >= 0.3 is 12.4 Å². The number of halogens is 7. The number of benzene rings is 3. The largest absolute Gasteiger partial charge is 0.430 e. The molecular weight excluding hydrogens is 553 g/mol. The van der Waals surface area contributed by atoms with Crippen LogP contribution in [0.15, 0.2) is 83.8 Å². The highest BCUT2D eigenvalue weighted by Gasteiger charge is 2.73. The summed E-state index contributed by atoms with van der Waals surface area (Å²) in [5, 5.41) is 10.2. The lowest BCUT2D eigenvalue weighted by molar-refractivity contribution is -0.392. The van der Waals surface area contributed by atoms with E-state index in [0.29, 0.717) is 12.1 Å². The zero-order valence-electron chi connectivity index (χ0n) is 20.1. The van der Waals surface area contributed by atoms with Crippen molar-refractivity contribution >= 4 is 9.84 Å². The van der Waals surface area contributed by atoms with Crippen LogP contribution in [0.2, 0.25) is 0 Å². The normalized spacial score (nSPS) is 20.8. The third kappa shape index (κ3) is 5.05. The highest BCUT2D eigenvalue weighted by atomic mass is 32.2. The van der Waals surface area contributed by atoms with Gasteiger partial charge in [-0.1, -0.05) is 54.6 Å². The fourth-order valence-corrected chi connectivity index (χ4v) is 7.19. The summed E-state index contributed by atoms with van der Waals surface area (Å²) in [5.74, 6) is -0.704. The molecule has 0 spiro atoms. The maximum absolute atomic E-state index is 14.2. The molecule has 210 valence electrons. The Morgan fingerprint density at radius 1 is 0.846 bits per heavy atom. The fourth-order valence-electron chi connectivity index (χ4n) is 4.99. The van der Waals surface area contributed by atoms with Gasteiger partial charge in [0.15, 0.2) is 9.84 Å². The minimum absolute atomic E-state index is 0.0252. The molecule has 4 nitrogen and oxygen atoms in total. The predicted molar refractivity (Wildman–Crippen MR) is 127 cm³/mol. The smallest absolute Gasteiger partial charge is 0.393 e. The molecule has 1 aliphatic carbocycles. The maximum Gasteiger partial charge on any atom is 0.430 e. The molecule has 1 aliphatic rings. The van der Waals surface area contributed by atoms with E-state index in [-0.39, 0.29) is 35.3 Å². The summed E-state index contributed by atoms with van der Waals surface area (Å²) in [4.78, 5) is -0.298. The summed E-state index contributed by atoms with van der Waals surface area (Å²) in [6.07, 6.45) is -13.4. The van der Waals surface area contributed by atoms with Crippen molar-refractivity contribution in [1.29, 1.82) is 0 Å². The molecule has 12 heteroatoms. The number of alkyl halides is 6. The lowest BCUT2D eigenvalue weighted by Crippen LogP contribution is -2.55. The van der Waals surface area contributed by atoms with Crippen molar-refractivity contribution in [1.82, 2.24) is 0 Å². The van der Waals surface area contributed by atoms with Crippen LogP contribution in [0.25, 0.3) is 0 Å². The minimum Gasteiger partial charge on any atom is -0.393 e. The number of rotatable bonds is 7. The fraction of sp³-hybridized carbons (Fsp3) is 0.333. The molecule has 0 aliphatic heterocycles. The van der Waals surface area contributed by atoms with Crippen LogP contribution in [0.4, 0.5) is 30.7 Å². The number of aliphatic hydroxyl groups excluding tert-OH is 1. The van der Waals surface area contributed by atoms with E-state index < -0.39 is 56.6 Å². The number of hydrogen-bond acceptors (Lipinski definition) is 4. The third-order valence-corrected chi connectivity index (χ3v) is 9.53. The molecule has 0 radical (unpaired) electrons. The summed E-state index contributed by atoms with van der Waals surface area (Å²) in [5.41, 5.74) is -6.01. The van der Waals surface area contributed by atoms with E-state index in [1.807, 2.05) is 0 Å². The summed E-state index contributed by atoms with van der Waals surface area (Å²) in [6.45, 7) is -1.00. The van der Waals surface area contributed by atoms with Crippen molar-refractivity contribution in [2.24, 2.45) is 0 Å².